The van der Waals surface area contributed by atoms with Crippen molar-refractivity contribution in [2.45, 2.75) is 17.6 Å². The molecule has 0 heterocycles. The van der Waals surface area contributed by atoms with E-state index in [-0.39, 0.29) is 5.75 Å². The minimum absolute atomic E-state index is 0.00363. The molecule has 94 valence electrons. The first-order valence-electron chi connectivity index (χ1n) is 5.61. The molecule has 0 aromatic heterocycles. The average Bonchev–Trinajstić information content (AvgIpc) is 2.32. The molecule has 2 aromatic rings. The summed E-state index contributed by atoms with van der Waals surface area (Å²) in [5.74, 6) is -0.00363. The first-order chi connectivity index (χ1) is 8.47. The Hall–Kier alpha value is -1.81. The number of anilines is 1. The smallest absolute Gasteiger partial charge is 0.182 e. The molecule has 0 bridgehead atoms. The van der Waals surface area contributed by atoms with Gasteiger partial charge in [0.05, 0.1) is 10.6 Å². The number of aryl methyl sites for hydroxylation is 1. The van der Waals surface area contributed by atoms with Crippen LogP contribution in [0.15, 0.2) is 53.4 Å². The van der Waals surface area contributed by atoms with Crippen LogP contribution in [0.5, 0.6) is 0 Å². The van der Waals surface area contributed by atoms with E-state index < -0.39 is 9.84 Å². The Kier molecular flexibility index (Phi) is 3.39. The van der Waals surface area contributed by atoms with Gasteiger partial charge in [0.15, 0.2) is 9.84 Å². The SMILES string of the molecule is Cc1ccc(S(=O)(=O)Cc2ccc(N)cc2)cc1. The second-order valence-corrected chi connectivity index (χ2v) is 6.30. The number of benzene rings is 2. The van der Waals surface area contributed by atoms with Crippen LogP contribution in [0.2, 0.25) is 0 Å². The van der Waals surface area contributed by atoms with Crippen LogP contribution >= 0.6 is 0 Å². The summed E-state index contributed by atoms with van der Waals surface area (Å²) in [5.41, 5.74) is 7.98. The Morgan fingerprint density at radius 2 is 1.50 bits per heavy atom. The molecule has 0 aliphatic rings. The van der Waals surface area contributed by atoms with E-state index in [2.05, 4.69) is 0 Å². The van der Waals surface area contributed by atoms with Gasteiger partial charge >= 0.3 is 0 Å². The molecule has 3 nitrogen and oxygen atoms in total. The van der Waals surface area contributed by atoms with Gasteiger partial charge in [-0.2, -0.15) is 0 Å². The summed E-state index contributed by atoms with van der Waals surface area (Å²) in [7, 11) is -3.28. The lowest BCUT2D eigenvalue weighted by molar-refractivity contribution is 0.595. The van der Waals surface area contributed by atoms with E-state index in [0.29, 0.717) is 10.6 Å². The van der Waals surface area contributed by atoms with Crippen molar-refractivity contribution >= 4 is 15.5 Å². The van der Waals surface area contributed by atoms with Gasteiger partial charge in [0.2, 0.25) is 0 Å². The van der Waals surface area contributed by atoms with Gasteiger partial charge in [-0.25, -0.2) is 8.42 Å². The van der Waals surface area contributed by atoms with Gasteiger partial charge in [0.25, 0.3) is 0 Å². The van der Waals surface area contributed by atoms with Gasteiger partial charge < -0.3 is 5.73 Å². The highest BCUT2D eigenvalue weighted by Gasteiger charge is 2.14. The van der Waals surface area contributed by atoms with Crippen molar-refractivity contribution < 1.29 is 8.42 Å². The van der Waals surface area contributed by atoms with Gasteiger partial charge in [-0.15, -0.1) is 0 Å². The van der Waals surface area contributed by atoms with Crippen LogP contribution in [-0.2, 0) is 15.6 Å². The molecule has 0 amide bonds. The fraction of sp³-hybridized carbons (Fsp3) is 0.143. The van der Waals surface area contributed by atoms with Gasteiger partial charge in [-0.3, -0.25) is 0 Å². The van der Waals surface area contributed by atoms with Gasteiger partial charge in [-0.05, 0) is 36.8 Å². The van der Waals surface area contributed by atoms with Crippen molar-refractivity contribution in [1.29, 1.82) is 0 Å². The third-order valence-corrected chi connectivity index (χ3v) is 4.42. The van der Waals surface area contributed by atoms with E-state index in [0.717, 1.165) is 11.1 Å². The highest BCUT2D eigenvalue weighted by Crippen LogP contribution is 2.17. The number of rotatable bonds is 3. The maximum absolute atomic E-state index is 12.2. The molecule has 0 atom stereocenters. The van der Waals surface area contributed by atoms with Crippen LogP contribution in [-0.4, -0.2) is 8.42 Å². The molecule has 0 aliphatic heterocycles. The molecule has 0 saturated heterocycles. The Morgan fingerprint density at radius 3 is 2.06 bits per heavy atom. The van der Waals surface area contributed by atoms with Crippen molar-refractivity contribution in [2.24, 2.45) is 0 Å². The Balaban J connectivity index is 2.27. The zero-order chi connectivity index (χ0) is 13.2. The van der Waals surface area contributed by atoms with Crippen LogP contribution in [0.3, 0.4) is 0 Å². The molecule has 0 unspecified atom stereocenters. The second kappa shape index (κ2) is 4.82. The number of hydrogen-bond acceptors (Lipinski definition) is 3. The molecule has 0 spiro atoms. The summed E-state index contributed by atoms with van der Waals surface area (Å²) < 4.78 is 24.3. The summed E-state index contributed by atoms with van der Waals surface area (Å²) in [6.07, 6.45) is 0. The summed E-state index contributed by atoms with van der Waals surface area (Å²) in [5, 5.41) is 0. The van der Waals surface area contributed by atoms with Gasteiger partial charge in [0.1, 0.15) is 0 Å². The van der Waals surface area contributed by atoms with Crippen LogP contribution in [0.25, 0.3) is 0 Å². The quantitative estimate of drug-likeness (QED) is 0.864. The summed E-state index contributed by atoms with van der Waals surface area (Å²) in [4.78, 5) is 0.352. The van der Waals surface area contributed by atoms with Crippen molar-refractivity contribution in [3.63, 3.8) is 0 Å². The standard InChI is InChI=1S/C14H15NO2S/c1-11-2-8-14(9-3-11)18(16,17)10-12-4-6-13(15)7-5-12/h2-9H,10,15H2,1H3. The molecular weight excluding hydrogens is 246 g/mol. The Morgan fingerprint density at radius 1 is 0.944 bits per heavy atom. The second-order valence-electron chi connectivity index (χ2n) is 4.31. The monoisotopic (exact) mass is 261 g/mol. The Bertz CT molecular complexity index is 628. The fourth-order valence-corrected chi connectivity index (χ4v) is 3.01. The Labute approximate surface area is 107 Å². The fourth-order valence-electron chi connectivity index (χ4n) is 1.66. The number of sulfone groups is 1. The molecule has 0 aliphatic carbocycles. The summed E-state index contributed by atoms with van der Waals surface area (Å²) >= 11 is 0. The van der Waals surface area contributed by atoms with E-state index in [1.54, 1.807) is 48.5 Å². The first kappa shape index (κ1) is 12.6. The van der Waals surface area contributed by atoms with Crippen LogP contribution in [0.4, 0.5) is 5.69 Å². The summed E-state index contributed by atoms with van der Waals surface area (Å²) in [6.45, 7) is 1.93. The van der Waals surface area contributed by atoms with Gasteiger partial charge in [0, 0.05) is 5.69 Å². The van der Waals surface area contributed by atoms with E-state index in [9.17, 15) is 8.42 Å². The topological polar surface area (TPSA) is 60.2 Å². The lowest BCUT2D eigenvalue weighted by atomic mass is 10.2. The predicted molar refractivity (Wildman–Crippen MR) is 72.9 cm³/mol. The maximum atomic E-state index is 12.2. The van der Waals surface area contributed by atoms with Crippen molar-refractivity contribution in [2.75, 3.05) is 5.73 Å². The lowest BCUT2D eigenvalue weighted by Crippen LogP contribution is -2.05. The number of hydrogen-bond donors (Lipinski definition) is 1. The largest absolute Gasteiger partial charge is 0.399 e. The zero-order valence-corrected chi connectivity index (χ0v) is 10.9. The summed E-state index contributed by atoms with van der Waals surface area (Å²) in [6, 6.07) is 13.8. The average molecular weight is 261 g/mol. The molecule has 18 heavy (non-hydrogen) atoms. The van der Waals surface area contributed by atoms with Crippen LogP contribution < -0.4 is 5.73 Å². The highest BCUT2D eigenvalue weighted by molar-refractivity contribution is 7.90. The first-order valence-corrected chi connectivity index (χ1v) is 7.26. The molecular formula is C14H15NO2S. The maximum Gasteiger partial charge on any atom is 0.182 e. The highest BCUT2D eigenvalue weighted by atomic mass is 32.2. The zero-order valence-electron chi connectivity index (χ0n) is 10.1. The molecule has 4 heteroatoms. The van der Waals surface area contributed by atoms with Gasteiger partial charge in [-0.1, -0.05) is 29.8 Å². The lowest BCUT2D eigenvalue weighted by Gasteiger charge is -2.05. The minimum Gasteiger partial charge on any atom is -0.399 e. The molecule has 2 aromatic carbocycles. The molecule has 2 N–H and O–H groups in total. The number of nitrogens with two attached hydrogens (primary N) is 1. The van der Waals surface area contributed by atoms with E-state index in [4.69, 9.17) is 5.73 Å². The normalized spacial score (nSPS) is 11.4. The number of nitrogen functional groups attached to an aromatic ring is 1. The van der Waals surface area contributed by atoms with E-state index in [1.165, 1.54) is 0 Å². The van der Waals surface area contributed by atoms with E-state index >= 15 is 0 Å². The van der Waals surface area contributed by atoms with Crippen LogP contribution in [0.1, 0.15) is 11.1 Å². The predicted octanol–water partition coefficient (Wildman–Crippen LogP) is 2.55. The third-order valence-electron chi connectivity index (χ3n) is 2.72. The third kappa shape index (κ3) is 2.90. The van der Waals surface area contributed by atoms with Crippen molar-refractivity contribution in [3.05, 3.63) is 59.7 Å². The molecule has 0 saturated carbocycles. The molecule has 0 fully saturated rings. The van der Waals surface area contributed by atoms with Crippen molar-refractivity contribution in [3.8, 4) is 0 Å². The van der Waals surface area contributed by atoms with Crippen LogP contribution in [0, 0.1) is 6.92 Å². The molecule has 2 rings (SSSR count). The van der Waals surface area contributed by atoms with E-state index in [1.807, 2.05) is 6.92 Å². The minimum atomic E-state index is -3.28. The molecule has 0 radical (unpaired) electrons. The van der Waals surface area contributed by atoms with Crippen molar-refractivity contribution in [1.82, 2.24) is 0 Å².